The zero-order chi connectivity index (χ0) is 19.8. The zero-order valence-electron chi connectivity index (χ0n) is 15.9. The Morgan fingerprint density at radius 1 is 0.893 bits per heavy atom. The van der Waals surface area contributed by atoms with Gasteiger partial charge in [0, 0.05) is 5.56 Å². The molecule has 0 aliphatic heterocycles. The van der Waals surface area contributed by atoms with Crippen LogP contribution in [0.2, 0.25) is 0 Å². The Kier molecular flexibility index (Phi) is 6.42. The Balaban J connectivity index is 1.95. The summed E-state index contributed by atoms with van der Waals surface area (Å²) in [6.07, 6.45) is 0. The number of esters is 1. The number of hydrogen-bond acceptors (Lipinski definition) is 5. The van der Waals surface area contributed by atoms with Crippen molar-refractivity contribution in [2.24, 2.45) is 0 Å². The lowest BCUT2D eigenvalue weighted by molar-refractivity contribution is -0.248. The summed E-state index contributed by atoms with van der Waals surface area (Å²) in [5.74, 6) is -2.43. The molecule has 5 heteroatoms. The maximum absolute atomic E-state index is 12.8. The summed E-state index contributed by atoms with van der Waals surface area (Å²) in [6.45, 7) is 2.14. The van der Waals surface area contributed by atoms with Crippen LogP contribution in [-0.2, 0) is 31.5 Å². The third-order valence-corrected chi connectivity index (χ3v) is 4.26. The topological polar surface area (TPSA) is 56.8 Å². The minimum Gasteiger partial charge on any atom is -0.465 e. The number of carbonyl (C=O) groups excluding carboxylic acids is 1. The lowest BCUT2D eigenvalue weighted by Gasteiger charge is -2.31. The molecule has 0 saturated heterocycles. The Hall–Kier alpha value is -3.15. The molecule has 1 atom stereocenters. The maximum Gasteiger partial charge on any atom is 0.373 e. The Labute approximate surface area is 164 Å². The first kappa shape index (κ1) is 19.6. The summed E-state index contributed by atoms with van der Waals surface area (Å²) in [7, 11) is 1.31. The van der Waals surface area contributed by atoms with E-state index in [4.69, 9.17) is 14.3 Å². The van der Waals surface area contributed by atoms with Gasteiger partial charge in [-0.25, -0.2) is 9.63 Å². The van der Waals surface area contributed by atoms with Crippen LogP contribution >= 0.6 is 0 Å². The molecule has 0 aliphatic carbocycles. The van der Waals surface area contributed by atoms with Crippen molar-refractivity contribution in [3.8, 4) is 0 Å². The van der Waals surface area contributed by atoms with Gasteiger partial charge in [0.1, 0.15) is 0 Å². The molecule has 0 aliphatic rings. The summed E-state index contributed by atoms with van der Waals surface area (Å²) in [5.41, 5.74) is 6.01. The number of carbonyl (C=O) groups is 1. The van der Waals surface area contributed by atoms with Crippen LogP contribution in [0.25, 0.3) is 0 Å². The predicted molar refractivity (Wildman–Crippen MR) is 107 cm³/mol. The molecule has 0 aromatic heterocycles. The standard InChI is InChI=1S/C23H23NO4/c1-18-13-15-20(16-14-18)23(22(25)26-2,27-17-19-9-5-3-6-10-19)28-24-21-11-7-4-8-12-21/h3-16,24H,17H2,1-2H3. The monoisotopic (exact) mass is 377 g/mol. The Morgan fingerprint density at radius 3 is 2.11 bits per heavy atom. The van der Waals surface area contributed by atoms with Crippen molar-refractivity contribution < 1.29 is 19.1 Å². The summed E-state index contributed by atoms with van der Waals surface area (Å²) >= 11 is 0. The predicted octanol–water partition coefficient (Wildman–Crippen LogP) is 4.58. The molecule has 0 spiro atoms. The summed E-state index contributed by atoms with van der Waals surface area (Å²) in [6, 6.07) is 26.2. The molecule has 144 valence electrons. The van der Waals surface area contributed by atoms with E-state index in [-0.39, 0.29) is 6.61 Å². The number of anilines is 1. The minimum absolute atomic E-state index is 0.167. The molecule has 28 heavy (non-hydrogen) atoms. The second kappa shape index (κ2) is 9.17. The molecule has 0 saturated carbocycles. The lowest BCUT2D eigenvalue weighted by atomic mass is 10.0. The fourth-order valence-electron chi connectivity index (χ4n) is 2.69. The Morgan fingerprint density at radius 2 is 1.50 bits per heavy atom. The van der Waals surface area contributed by atoms with Crippen molar-refractivity contribution in [2.75, 3.05) is 12.6 Å². The van der Waals surface area contributed by atoms with E-state index in [1.807, 2.05) is 79.7 Å². The molecule has 0 radical (unpaired) electrons. The van der Waals surface area contributed by atoms with E-state index in [2.05, 4.69) is 5.48 Å². The number of methoxy groups -OCH3 is 1. The SMILES string of the molecule is COC(=O)C(OCc1ccccc1)(ONc1ccccc1)c1ccc(C)cc1. The van der Waals surface area contributed by atoms with Crippen LogP contribution in [0.3, 0.4) is 0 Å². The first-order valence-electron chi connectivity index (χ1n) is 8.96. The number of benzene rings is 3. The quantitative estimate of drug-likeness (QED) is 0.354. The van der Waals surface area contributed by atoms with Crippen molar-refractivity contribution in [2.45, 2.75) is 19.3 Å². The maximum atomic E-state index is 12.8. The number of nitrogens with one attached hydrogen (secondary N) is 1. The third-order valence-electron chi connectivity index (χ3n) is 4.26. The van der Waals surface area contributed by atoms with E-state index in [0.29, 0.717) is 11.3 Å². The second-order valence-electron chi connectivity index (χ2n) is 6.32. The highest BCUT2D eigenvalue weighted by atomic mass is 16.8. The molecular weight excluding hydrogens is 354 g/mol. The zero-order valence-corrected chi connectivity index (χ0v) is 15.9. The minimum atomic E-state index is -1.77. The van der Waals surface area contributed by atoms with Crippen molar-refractivity contribution in [1.29, 1.82) is 0 Å². The van der Waals surface area contributed by atoms with Crippen LogP contribution < -0.4 is 5.48 Å². The summed E-state index contributed by atoms with van der Waals surface area (Å²) in [4.78, 5) is 18.7. The van der Waals surface area contributed by atoms with Gasteiger partial charge in [0.25, 0.3) is 0 Å². The van der Waals surface area contributed by atoms with Crippen LogP contribution in [0.4, 0.5) is 5.69 Å². The van der Waals surface area contributed by atoms with Crippen LogP contribution in [0.5, 0.6) is 0 Å². The lowest BCUT2D eigenvalue weighted by Crippen LogP contribution is -2.44. The first-order chi connectivity index (χ1) is 13.6. The molecule has 3 rings (SSSR count). The van der Waals surface area contributed by atoms with Gasteiger partial charge >= 0.3 is 11.8 Å². The number of para-hydroxylation sites is 1. The molecule has 0 fully saturated rings. The number of hydrogen-bond donors (Lipinski definition) is 1. The van der Waals surface area contributed by atoms with Crippen molar-refractivity contribution in [1.82, 2.24) is 0 Å². The molecule has 3 aromatic carbocycles. The van der Waals surface area contributed by atoms with Gasteiger partial charge in [0.05, 0.1) is 19.4 Å². The molecule has 0 bridgehead atoms. The average Bonchev–Trinajstić information content (AvgIpc) is 2.76. The second-order valence-corrected chi connectivity index (χ2v) is 6.32. The molecule has 1 unspecified atom stereocenters. The molecule has 5 nitrogen and oxygen atoms in total. The number of aryl methyl sites for hydroxylation is 1. The molecule has 1 N–H and O–H groups in total. The largest absolute Gasteiger partial charge is 0.465 e. The summed E-state index contributed by atoms with van der Waals surface area (Å²) in [5, 5.41) is 0. The number of ether oxygens (including phenoxy) is 2. The fourth-order valence-corrected chi connectivity index (χ4v) is 2.69. The van der Waals surface area contributed by atoms with Crippen molar-refractivity contribution in [3.63, 3.8) is 0 Å². The third kappa shape index (κ3) is 4.57. The van der Waals surface area contributed by atoms with Crippen molar-refractivity contribution >= 4 is 11.7 Å². The molecular formula is C23H23NO4. The highest BCUT2D eigenvalue weighted by Gasteiger charge is 2.46. The molecule has 0 amide bonds. The van der Waals surface area contributed by atoms with Crippen LogP contribution in [-0.4, -0.2) is 13.1 Å². The van der Waals surface area contributed by atoms with E-state index in [9.17, 15) is 4.79 Å². The fraction of sp³-hybridized carbons (Fsp3) is 0.174. The van der Waals surface area contributed by atoms with Gasteiger partial charge in [-0.15, -0.1) is 0 Å². The van der Waals surface area contributed by atoms with Gasteiger partial charge in [0.15, 0.2) is 0 Å². The van der Waals surface area contributed by atoms with Gasteiger partial charge in [0.2, 0.25) is 0 Å². The van der Waals surface area contributed by atoms with Crippen LogP contribution in [0, 0.1) is 6.92 Å². The summed E-state index contributed by atoms with van der Waals surface area (Å²) < 4.78 is 11.1. The van der Waals surface area contributed by atoms with Gasteiger partial charge in [-0.2, -0.15) is 0 Å². The van der Waals surface area contributed by atoms with Crippen molar-refractivity contribution in [3.05, 3.63) is 102 Å². The van der Waals surface area contributed by atoms with Crippen LogP contribution in [0.15, 0.2) is 84.9 Å². The van der Waals surface area contributed by atoms with Gasteiger partial charge in [-0.1, -0.05) is 78.4 Å². The number of rotatable bonds is 8. The van der Waals surface area contributed by atoms with E-state index in [1.54, 1.807) is 12.1 Å². The van der Waals surface area contributed by atoms with E-state index < -0.39 is 11.8 Å². The highest BCUT2D eigenvalue weighted by Crippen LogP contribution is 2.31. The highest BCUT2D eigenvalue weighted by molar-refractivity contribution is 5.79. The smallest absolute Gasteiger partial charge is 0.373 e. The van der Waals surface area contributed by atoms with E-state index in [0.717, 1.165) is 11.1 Å². The van der Waals surface area contributed by atoms with E-state index in [1.165, 1.54) is 7.11 Å². The molecule has 0 heterocycles. The van der Waals surface area contributed by atoms with Gasteiger partial charge in [-0.3, -0.25) is 5.48 Å². The Bertz CT molecular complexity index is 836. The van der Waals surface area contributed by atoms with Gasteiger partial charge in [-0.05, 0) is 24.6 Å². The normalized spacial score (nSPS) is 12.8. The van der Waals surface area contributed by atoms with Gasteiger partial charge < -0.3 is 9.47 Å². The van der Waals surface area contributed by atoms with E-state index >= 15 is 0 Å². The average molecular weight is 377 g/mol. The molecule has 3 aromatic rings. The van der Waals surface area contributed by atoms with Crippen LogP contribution in [0.1, 0.15) is 16.7 Å². The first-order valence-corrected chi connectivity index (χ1v) is 8.96.